The summed E-state index contributed by atoms with van der Waals surface area (Å²) in [7, 11) is 0. The summed E-state index contributed by atoms with van der Waals surface area (Å²) in [6.07, 6.45) is 1.39. The van der Waals surface area contributed by atoms with Gasteiger partial charge in [0, 0.05) is 0 Å². The van der Waals surface area contributed by atoms with Crippen LogP contribution >= 0.6 is 0 Å². The van der Waals surface area contributed by atoms with Crippen molar-refractivity contribution < 1.29 is 19.5 Å². The molecule has 8 heteroatoms. The van der Waals surface area contributed by atoms with Gasteiger partial charge in [-0.1, -0.05) is 65.8 Å². The van der Waals surface area contributed by atoms with Crippen molar-refractivity contribution in [1.29, 1.82) is 0 Å². The van der Waals surface area contributed by atoms with Crippen LogP contribution in [0.1, 0.15) is 17.2 Å². The van der Waals surface area contributed by atoms with E-state index in [0.29, 0.717) is 11.1 Å². The van der Waals surface area contributed by atoms with Crippen LogP contribution in [0.15, 0.2) is 71.5 Å². The molecule has 2 unspecified atom stereocenters. The zero-order valence-electron chi connectivity index (χ0n) is 14.7. The summed E-state index contributed by atoms with van der Waals surface area (Å²) >= 11 is 0. The van der Waals surface area contributed by atoms with Crippen LogP contribution in [-0.4, -0.2) is 40.4 Å². The summed E-state index contributed by atoms with van der Waals surface area (Å²) in [5.74, 6) is -2.52. The quantitative estimate of drug-likeness (QED) is 0.433. The highest BCUT2D eigenvalue weighted by Gasteiger charge is 2.42. The highest BCUT2D eigenvalue weighted by atomic mass is 16.4. The van der Waals surface area contributed by atoms with Crippen LogP contribution in [0.4, 0.5) is 0 Å². The molecule has 1 heterocycles. The third kappa shape index (κ3) is 3.96. The van der Waals surface area contributed by atoms with Gasteiger partial charge in [-0.05, 0) is 17.2 Å². The van der Waals surface area contributed by atoms with Crippen LogP contribution in [0, 0.1) is 4.91 Å². The molecule has 0 spiro atoms. The molecule has 2 atom stereocenters. The normalized spacial score (nSPS) is 17.4. The van der Waals surface area contributed by atoms with Gasteiger partial charge in [-0.25, -0.2) is 4.79 Å². The third-order valence-corrected chi connectivity index (χ3v) is 4.33. The van der Waals surface area contributed by atoms with E-state index in [1.165, 1.54) is 6.08 Å². The van der Waals surface area contributed by atoms with Crippen molar-refractivity contribution in [1.82, 2.24) is 10.2 Å². The van der Waals surface area contributed by atoms with Crippen molar-refractivity contribution in [3.05, 3.63) is 82.4 Å². The molecule has 1 saturated heterocycles. The zero-order chi connectivity index (χ0) is 20.1. The molecule has 2 aromatic rings. The van der Waals surface area contributed by atoms with E-state index < -0.39 is 29.9 Å². The van der Waals surface area contributed by atoms with Crippen LogP contribution in [0.25, 0.3) is 6.08 Å². The largest absolute Gasteiger partial charge is 0.477 e. The second-order valence-electron chi connectivity index (χ2n) is 6.17. The van der Waals surface area contributed by atoms with Crippen LogP contribution in [0.2, 0.25) is 0 Å². The van der Waals surface area contributed by atoms with Gasteiger partial charge < -0.3 is 15.3 Å². The lowest BCUT2D eigenvalue weighted by Crippen LogP contribution is -2.64. The fourth-order valence-electron chi connectivity index (χ4n) is 2.86. The van der Waals surface area contributed by atoms with Crippen molar-refractivity contribution in [3.63, 3.8) is 0 Å². The van der Waals surface area contributed by atoms with Gasteiger partial charge in [-0.3, -0.25) is 9.59 Å². The van der Waals surface area contributed by atoms with Gasteiger partial charge in [0.1, 0.15) is 11.7 Å². The lowest BCUT2D eigenvalue weighted by molar-refractivity contribution is -0.148. The Bertz CT molecular complexity index is 927. The molecule has 2 amide bonds. The molecular weight excluding hydrogens is 362 g/mol. The summed E-state index contributed by atoms with van der Waals surface area (Å²) < 4.78 is 0. The summed E-state index contributed by atoms with van der Waals surface area (Å²) in [4.78, 5) is 48.4. The highest BCUT2D eigenvalue weighted by molar-refractivity contribution is 6.02. The van der Waals surface area contributed by atoms with E-state index in [1.54, 1.807) is 60.7 Å². The number of nitrogens with one attached hydrogen (secondary N) is 1. The molecule has 1 aliphatic heterocycles. The number of carboxylic acids is 1. The number of likely N-dealkylation sites (tertiary alicyclic amines) is 1. The van der Waals surface area contributed by atoms with E-state index >= 15 is 0 Å². The average molecular weight is 379 g/mol. The number of nitroso groups, excluding NO2 is 1. The standard InChI is InChI=1S/C20H17N3O5/c24-18(17(22-28)14-9-5-2-6-10-14)21-15-12-23(19(15)25)16(20(26)27)11-13-7-3-1-4-8-13/h1-11,15,17H,12H2,(H,21,24)(H,26,27). The minimum atomic E-state index is -1.28. The number of carboxylic acid groups (broad SMARTS) is 1. The monoisotopic (exact) mass is 379 g/mol. The lowest BCUT2D eigenvalue weighted by Gasteiger charge is -2.38. The average Bonchev–Trinajstić information content (AvgIpc) is 2.71. The molecular formula is C20H17N3O5. The number of carbonyl (C=O) groups excluding carboxylic acids is 2. The number of hydrogen-bond acceptors (Lipinski definition) is 5. The predicted molar refractivity (Wildman–Crippen MR) is 101 cm³/mol. The first-order chi connectivity index (χ1) is 13.5. The fraction of sp³-hybridized carbons (Fsp3) is 0.150. The maximum absolute atomic E-state index is 12.4. The van der Waals surface area contributed by atoms with E-state index in [1.807, 2.05) is 0 Å². The van der Waals surface area contributed by atoms with Crippen molar-refractivity contribution in [2.45, 2.75) is 12.1 Å². The van der Waals surface area contributed by atoms with Gasteiger partial charge >= 0.3 is 5.97 Å². The first-order valence-electron chi connectivity index (χ1n) is 8.50. The van der Waals surface area contributed by atoms with E-state index in [4.69, 9.17) is 0 Å². The number of hydrogen-bond donors (Lipinski definition) is 2. The first-order valence-corrected chi connectivity index (χ1v) is 8.50. The van der Waals surface area contributed by atoms with Crippen molar-refractivity contribution in [2.75, 3.05) is 6.54 Å². The van der Waals surface area contributed by atoms with Crippen molar-refractivity contribution in [2.24, 2.45) is 5.18 Å². The smallest absolute Gasteiger partial charge is 0.352 e. The number of carbonyl (C=O) groups is 3. The molecule has 0 aliphatic carbocycles. The molecule has 1 aliphatic rings. The second kappa shape index (κ2) is 8.26. The van der Waals surface area contributed by atoms with Crippen molar-refractivity contribution >= 4 is 23.9 Å². The van der Waals surface area contributed by atoms with Gasteiger partial charge in [-0.15, -0.1) is 4.91 Å². The van der Waals surface area contributed by atoms with Gasteiger partial charge in [-0.2, -0.15) is 0 Å². The highest BCUT2D eigenvalue weighted by Crippen LogP contribution is 2.22. The van der Waals surface area contributed by atoms with Gasteiger partial charge in [0.05, 0.1) is 6.54 Å². The van der Waals surface area contributed by atoms with E-state index in [2.05, 4.69) is 10.5 Å². The van der Waals surface area contributed by atoms with Crippen LogP contribution in [-0.2, 0) is 14.4 Å². The maximum atomic E-state index is 12.4. The lowest BCUT2D eigenvalue weighted by atomic mass is 10.0. The van der Waals surface area contributed by atoms with Crippen LogP contribution in [0.3, 0.4) is 0 Å². The Morgan fingerprint density at radius 1 is 1.11 bits per heavy atom. The topological polar surface area (TPSA) is 116 Å². The van der Waals surface area contributed by atoms with E-state index in [-0.39, 0.29) is 12.2 Å². The summed E-state index contributed by atoms with van der Waals surface area (Å²) in [5.41, 5.74) is 0.859. The maximum Gasteiger partial charge on any atom is 0.352 e. The number of amides is 2. The Balaban J connectivity index is 1.69. The molecule has 1 fully saturated rings. The van der Waals surface area contributed by atoms with Gasteiger partial charge in [0.2, 0.25) is 0 Å². The zero-order valence-corrected chi connectivity index (χ0v) is 14.7. The molecule has 2 N–H and O–H groups in total. The van der Waals surface area contributed by atoms with Gasteiger partial charge in [0.15, 0.2) is 6.04 Å². The Kier molecular flexibility index (Phi) is 5.59. The Morgan fingerprint density at radius 2 is 1.71 bits per heavy atom. The summed E-state index contributed by atoms with van der Waals surface area (Å²) in [6, 6.07) is 14.8. The Labute approximate surface area is 160 Å². The first kappa shape index (κ1) is 19.0. The molecule has 3 rings (SSSR count). The minimum absolute atomic E-state index is 0.00406. The predicted octanol–water partition coefficient (Wildman–Crippen LogP) is 1.95. The second-order valence-corrected chi connectivity index (χ2v) is 6.17. The number of rotatable bonds is 7. The molecule has 0 aromatic heterocycles. The number of nitrogens with zero attached hydrogens (tertiary/aromatic N) is 2. The number of benzene rings is 2. The molecule has 2 aromatic carbocycles. The van der Waals surface area contributed by atoms with E-state index in [0.717, 1.165) is 4.90 Å². The Morgan fingerprint density at radius 3 is 2.25 bits per heavy atom. The molecule has 28 heavy (non-hydrogen) atoms. The molecule has 0 radical (unpaired) electrons. The number of aliphatic carboxylic acids is 1. The molecule has 8 nitrogen and oxygen atoms in total. The summed E-state index contributed by atoms with van der Waals surface area (Å²) in [5, 5.41) is 14.7. The molecule has 0 bridgehead atoms. The van der Waals surface area contributed by atoms with Crippen molar-refractivity contribution in [3.8, 4) is 0 Å². The molecule has 0 saturated carbocycles. The van der Waals surface area contributed by atoms with E-state index in [9.17, 15) is 24.4 Å². The molecule has 142 valence electrons. The summed E-state index contributed by atoms with van der Waals surface area (Å²) in [6.45, 7) is -0.00406. The minimum Gasteiger partial charge on any atom is -0.477 e. The number of β-lactam (4-membered cyclic amide) rings is 1. The van der Waals surface area contributed by atoms with Gasteiger partial charge in [0.25, 0.3) is 11.8 Å². The fourth-order valence-corrected chi connectivity index (χ4v) is 2.86. The van der Waals surface area contributed by atoms with Crippen LogP contribution in [0.5, 0.6) is 0 Å². The third-order valence-electron chi connectivity index (χ3n) is 4.33. The SMILES string of the molecule is O=NC(C(=O)NC1CN(C(=Cc2ccccc2)C(=O)O)C1=O)c1ccccc1. The Hall–Kier alpha value is -3.81. The van der Waals surface area contributed by atoms with Crippen LogP contribution < -0.4 is 5.32 Å².